The van der Waals surface area contributed by atoms with E-state index in [4.69, 9.17) is 4.52 Å². The van der Waals surface area contributed by atoms with Gasteiger partial charge in [-0.3, -0.25) is 14.1 Å². The molecule has 0 aliphatic carbocycles. The van der Waals surface area contributed by atoms with Crippen molar-refractivity contribution in [1.82, 2.24) is 4.57 Å². The number of hydrogen-bond acceptors (Lipinski definition) is 8. The van der Waals surface area contributed by atoms with Gasteiger partial charge in [0.25, 0.3) is 5.56 Å². The molecule has 0 saturated carbocycles. The van der Waals surface area contributed by atoms with E-state index in [1.54, 1.807) is 13.1 Å². The molecule has 13 heteroatoms. The minimum atomic E-state index is -3.96. The maximum Gasteiger partial charge on any atom is 0.348 e. The maximum absolute atomic E-state index is 14.0. The summed E-state index contributed by atoms with van der Waals surface area (Å²) in [5, 5.41) is 18.2. The Morgan fingerprint density at radius 2 is 2.00 bits per heavy atom. The summed E-state index contributed by atoms with van der Waals surface area (Å²) in [6.45, 7) is 8.34. The van der Waals surface area contributed by atoms with Crippen molar-refractivity contribution in [2.24, 2.45) is 10.2 Å². The third kappa shape index (κ3) is 6.04. The number of aromatic nitrogens is 1. The van der Waals surface area contributed by atoms with Crippen molar-refractivity contribution in [2.45, 2.75) is 40.7 Å². The molecular formula is C25H31N4O6PS2. The fraction of sp³-hybridized carbons (Fsp3) is 0.360. The molecule has 1 atom stereocenters. The van der Waals surface area contributed by atoms with E-state index in [9.17, 15) is 22.9 Å². The highest BCUT2D eigenvalue weighted by molar-refractivity contribution is 7.92. The zero-order valence-corrected chi connectivity index (χ0v) is 24.3. The second-order valence-corrected chi connectivity index (χ2v) is 14.7. The van der Waals surface area contributed by atoms with Crippen LogP contribution in [0.3, 0.4) is 0 Å². The molecule has 4 rings (SSSR count). The highest BCUT2D eigenvalue weighted by atomic mass is 32.2. The number of nitrogens with zero attached hydrogens (tertiary/aromatic N) is 2. The normalized spacial score (nSPS) is 17.4. The Morgan fingerprint density at radius 3 is 2.61 bits per heavy atom. The summed E-state index contributed by atoms with van der Waals surface area (Å²) in [6, 6.07) is 6.26. The average Bonchev–Trinajstić information content (AvgIpc) is 3.32. The van der Waals surface area contributed by atoms with E-state index in [-0.39, 0.29) is 40.2 Å². The van der Waals surface area contributed by atoms with Crippen LogP contribution in [0.5, 0.6) is 5.75 Å². The van der Waals surface area contributed by atoms with Gasteiger partial charge >= 0.3 is 7.52 Å². The van der Waals surface area contributed by atoms with E-state index >= 15 is 0 Å². The van der Waals surface area contributed by atoms with Gasteiger partial charge in [0.05, 0.1) is 23.9 Å². The Bertz CT molecular complexity index is 1610. The first kappa shape index (κ1) is 28.1. The number of amidine groups is 1. The van der Waals surface area contributed by atoms with Crippen LogP contribution in [0.2, 0.25) is 0 Å². The molecule has 0 spiro atoms. The summed E-state index contributed by atoms with van der Waals surface area (Å²) < 4.78 is 51.3. The number of fused-ring (bicyclic) bond motifs is 1. The second-order valence-electron chi connectivity index (χ2n) is 10.2. The van der Waals surface area contributed by atoms with E-state index < -0.39 is 23.1 Å². The first-order valence-corrected chi connectivity index (χ1v) is 16.4. The van der Waals surface area contributed by atoms with Gasteiger partial charge in [-0.15, -0.1) is 0 Å². The van der Waals surface area contributed by atoms with E-state index in [1.807, 2.05) is 16.8 Å². The molecule has 0 saturated heterocycles. The smallest absolute Gasteiger partial charge is 0.348 e. The van der Waals surface area contributed by atoms with E-state index in [0.29, 0.717) is 24.2 Å². The quantitative estimate of drug-likeness (QED) is 0.326. The predicted octanol–water partition coefficient (Wildman–Crippen LogP) is 4.82. The van der Waals surface area contributed by atoms with Gasteiger partial charge < -0.3 is 19.5 Å². The van der Waals surface area contributed by atoms with Crippen molar-refractivity contribution in [3.63, 3.8) is 0 Å². The van der Waals surface area contributed by atoms with Crippen molar-refractivity contribution in [2.75, 3.05) is 22.9 Å². The number of aryl methyl sites for hydroxylation is 1. The second kappa shape index (κ2) is 10.3. The average molecular weight is 579 g/mol. The van der Waals surface area contributed by atoms with Crippen LogP contribution in [0.15, 0.2) is 50.8 Å². The Hall–Kier alpha value is -2.92. The molecule has 204 valence electrons. The van der Waals surface area contributed by atoms with Crippen molar-refractivity contribution >= 4 is 51.4 Å². The molecule has 10 nitrogen and oxygen atoms in total. The van der Waals surface area contributed by atoms with Gasteiger partial charge in [0.15, 0.2) is 5.84 Å². The Labute approximate surface area is 226 Å². The molecule has 3 N–H and O–H groups in total. The number of hydrogen-bond donors (Lipinski definition) is 3. The van der Waals surface area contributed by atoms with Crippen LogP contribution in [0.4, 0.5) is 11.4 Å². The van der Waals surface area contributed by atoms with Crippen molar-refractivity contribution < 1.29 is 22.6 Å². The zero-order chi connectivity index (χ0) is 27.9. The molecule has 0 fully saturated rings. The minimum absolute atomic E-state index is 0.0397. The monoisotopic (exact) mass is 578 g/mol. The molecule has 1 aliphatic rings. The largest absolute Gasteiger partial charge is 0.506 e. The fourth-order valence-electron chi connectivity index (χ4n) is 3.99. The molecule has 0 radical (unpaired) electrons. The summed E-state index contributed by atoms with van der Waals surface area (Å²) in [4.78, 5) is 13.7. The van der Waals surface area contributed by atoms with Crippen LogP contribution in [0.1, 0.15) is 39.7 Å². The number of thiophene rings is 1. The number of nitrogens with one attached hydrogen (secondary N) is 2. The Balaban J connectivity index is 1.90. The molecule has 1 unspecified atom stereocenters. The van der Waals surface area contributed by atoms with Gasteiger partial charge in [-0.05, 0) is 59.3 Å². The van der Waals surface area contributed by atoms with Crippen molar-refractivity contribution in [3.05, 3.63) is 57.1 Å². The summed E-state index contributed by atoms with van der Waals surface area (Å²) in [5.41, 5.74) is 1.06. The number of benzene rings is 1. The third-order valence-corrected chi connectivity index (χ3v) is 9.16. The number of anilines is 2. The SMILES string of the molecule is CCOP1(=O)N=C(c2c(O)c(-c3ccsc3)cn(CCC(C)(C)C)c2=O)Nc2ccc(NS(C)(=O)=O)cc21. The topological polar surface area (TPSA) is 139 Å². The van der Waals surface area contributed by atoms with Crippen LogP contribution in [-0.4, -0.2) is 36.8 Å². The number of pyridine rings is 1. The highest BCUT2D eigenvalue weighted by Crippen LogP contribution is 2.52. The van der Waals surface area contributed by atoms with Gasteiger partial charge in [0.2, 0.25) is 10.0 Å². The molecule has 0 bridgehead atoms. The van der Waals surface area contributed by atoms with E-state index in [0.717, 1.165) is 11.8 Å². The molecule has 38 heavy (non-hydrogen) atoms. The predicted molar refractivity (Wildman–Crippen MR) is 154 cm³/mol. The molecule has 2 aromatic heterocycles. The van der Waals surface area contributed by atoms with Crippen LogP contribution in [0.25, 0.3) is 11.1 Å². The van der Waals surface area contributed by atoms with Crippen LogP contribution < -0.4 is 20.9 Å². The lowest BCUT2D eigenvalue weighted by molar-refractivity contribution is 0.341. The van der Waals surface area contributed by atoms with Crippen molar-refractivity contribution in [3.8, 4) is 16.9 Å². The molecule has 1 aliphatic heterocycles. The lowest BCUT2D eigenvalue weighted by atomic mass is 9.92. The highest BCUT2D eigenvalue weighted by Gasteiger charge is 2.36. The molecule has 0 amide bonds. The van der Waals surface area contributed by atoms with Crippen LogP contribution in [-0.2, 0) is 25.7 Å². The first-order chi connectivity index (χ1) is 17.7. The van der Waals surface area contributed by atoms with Gasteiger partial charge in [0, 0.05) is 24.0 Å². The van der Waals surface area contributed by atoms with Gasteiger partial charge in [-0.25, -0.2) is 8.42 Å². The lowest BCUT2D eigenvalue weighted by Gasteiger charge is -2.26. The standard InChI is InChI=1S/C25H31N4O6PS2/c1-6-35-36(32)20-13-17(28-38(5,33)34)7-8-19(20)26-23(27-36)21-22(30)18(16-9-12-37-15-16)14-29(24(21)31)11-10-25(2,3)4/h7-9,12-15,28,30H,6,10-11H2,1-5H3,(H,26,27,32). The maximum atomic E-state index is 14.0. The van der Waals surface area contributed by atoms with Crippen LogP contribution in [0, 0.1) is 5.41 Å². The number of aromatic hydroxyl groups is 1. The molecular weight excluding hydrogens is 547 g/mol. The van der Waals surface area contributed by atoms with Gasteiger partial charge in [-0.2, -0.15) is 16.1 Å². The first-order valence-electron chi connectivity index (χ1n) is 11.9. The van der Waals surface area contributed by atoms with Gasteiger partial charge in [-0.1, -0.05) is 20.8 Å². The van der Waals surface area contributed by atoms with Gasteiger partial charge in [0.1, 0.15) is 11.3 Å². The third-order valence-electron chi connectivity index (χ3n) is 5.82. The summed E-state index contributed by atoms with van der Waals surface area (Å²) in [7, 11) is -7.53. The Morgan fingerprint density at radius 1 is 1.26 bits per heavy atom. The zero-order valence-electron chi connectivity index (χ0n) is 21.8. The lowest BCUT2D eigenvalue weighted by Crippen LogP contribution is -2.34. The molecule has 1 aromatic carbocycles. The van der Waals surface area contributed by atoms with Crippen molar-refractivity contribution in [1.29, 1.82) is 0 Å². The number of sulfonamides is 1. The molecule has 3 aromatic rings. The van der Waals surface area contributed by atoms with E-state index in [2.05, 4.69) is 35.6 Å². The number of rotatable bonds is 8. The molecule has 3 heterocycles. The summed E-state index contributed by atoms with van der Waals surface area (Å²) in [5.74, 6) is -0.365. The Kier molecular flexibility index (Phi) is 7.64. The van der Waals surface area contributed by atoms with Crippen LogP contribution >= 0.6 is 18.9 Å². The fourth-order valence-corrected chi connectivity index (χ4v) is 7.01. The minimum Gasteiger partial charge on any atom is -0.506 e. The van der Waals surface area contributed by atoms with E-state index in [1.165, 1.54) is 34.1 Å². The summed E-state index contributed by atoms with van der Waals surface area (Å²) >= 11 is 1.46. The summed E-state index contributed by atoms with van der Waals surface area (Å²) in [6.07, 6.45) is 3.35.